The topological polar surface area (TPSA) is 113 Å². The van der Waals surface area contributed by atoms with E-state index in [4.69, 9.17) is 9.47 Å². The van der Waals surface area contributed by atoms with Gasteiger partial charge < -0.3 is 19.0 Å². The number of ether oxygens (including phenoxy) is 2. The molecular weight excluding hydrogens is 454 g/mol. The van der Waals surface area contributed by atoms with Crippen molar-refractivity contribution in [3.63, 3.8) is 0 Å². The SMILES string of the molecule is COCCOC1CCCN(C(C2CCC(c3[nH]cnc4cnc5nccc5c34)CC2)S(=O)O)C1. The first-order valence-corrected chi connectivity index (χ1v) is 13.3. The second-order valence-corrected chi connectivity index (χ2v) is 10.5. The van der Waals surface area contributed by atoms with Crippen LogP contribution < -0.4 is 0 Å². The first kappa shape index (κ1) is 23.7. The monoisotopic (exact) mass is 487 g/mol. The molecule has 4 heterocycles. The molecule has 3 aromatic rings. The molecule has 0 aromatic carbocycles. The molecule has 1 saturated carbocycles. The Morgan fingerprint density at radius 2 is 2.06 bits per heavy atom. The first-order chi connectivity index (χ1) is 16.7. The molecule has 2 N–H and O–H groups in total. The zero-order valence-corrected chi connectivity index (χ0v) is 20.4. The molecule has 3 aromatic heterocycles. The van der Waals surface area contributed by atoms with Crippen molar-refractivity contribution in [3.05, 3.63) is 30.5 Å². The Morgan fingerprint density at radius 3 is 2.85 bits per heavy atom. The molecule has 2 fully saturated rings. The van der Waals surface area contributed by atoms with Crippen molar-refractivity contribution in [2.75, 3.05) is 33.4 Å². The minimum absolute atomic E-state index is 0.0956. The zero-order chi connectivity index (χ0) is 23.5. The van der Waals surface area contributed by atoms with Crippen LogP contribution in [0.15, 0.2) is 24.8 Å². The van der Waals surface area contributed by atoms with E-state index >= 15 is 0 Å². The number of rotatable bonds is 8. The molecule has 3 unspecified atom stereocenters. The van der Waals surface area contributed by atoms with Crippen LogP contribution in [0.25, 0.3) is 21.9 Å². The summed E-state index contributed by atoms with van der Waals surface area (Å²) in [7, 11) is 1.67. The van der Waals surface area contributed by atoms with Crippen molar-refractivity contribution in [1.29, 1.82) is 0 Å². The van der Waals surface area contributed by atoms with E-state index < -0.39 is 11.1 Å². The van der Waals surface area contributed by atoms with Crippen LogP contribution in [-0.4, -0.2) is 78.5 Å². The summed E-state index contributed by atoms with van der Waals surface area (Å²) in [5, 5.41) is 1.78. The van der Waals surface area contributed by atoms with Gasteiger partial charge in [-0.2, -0.15) is 0 Å². The molecule has 184 valence electrons. The largest absolute Gasteiger partial charge is 0.382 e. The van der Waals surface area contributed by atoms with Crippen LogP contribution >= 0.6 is 0 Å². The fourth-order valence-electron chi connectivity index (χ4n) is 5.81. The lowest BCUT2D eigenvalue weighted by Gasteiger charge is -2.41. The second kappa shape index (κ2) is 10.7. The lowest BCUT2D eigenvalue weighted by molar-refractivity contribution is -0.0290. The van der Waals surface area contributed by atoms with Gasteiger partial charge in [-0.15, -0.1) is 0 Å². The Labute approximate surface area is 201 Å². The molecule has 2 aliphatic rings. The third-order valence-electron chi connectivity index (χ3n) is 7.41. The molecule has 0 spiro atoms. The van der Waals surface area contributed by atoms with Gasteiger partial charge in [-0.25, -0.2) is 19.2 Å². The van der Waals surface area contributed by atoms with Gasteiger partial charge in [0.2, 0.25) is 0 Å². The van der Waals surface area contributed by atoms with Crippen LogP contribution in [0.3, 0.4) is 0 Å². The van der Waals surface area contributed by atoms with Gasteiger partial charge >= 0.3 is 0 Å². The van der Waals surface area contributed by atoms with Crippen LogP contribution in [0.5, 0.6) is 0 Å². The average molecular weight is 488 g/mol. The molecule has 5 rings (SSSR count). The molecule has 0 bridgehead atoms. The molecule has 0 amide bonds. The van der Waals surface area contributed by atoms with Crippen molar-refractivity contribution < 1.29 is 18.2 Å². The number of nitrogens with one attached hydrogen (secondary N) is 1. The zero-order valence-electron chi connectivity index (χ0n) is 19.6. The molecule has 9 nitrogen and oxygen atoms in total. The number of methoxy groups -OCH3 is 1. The second-order valence-electron chi connectivity index (χ2n) is 9.42. The molecular formula is C24H33N5O4S. The van der Waals surface area contributed by atoms with E-state index in [1.807, 2.05) is 6.07 Å². The van der Waals surface area contributed by atoms with Gasteiger partial charge in [0.05, 0.1) is 37.4 Å². The molecule has 3 atom stereocenters. The van der Waals surface area contributed by atoms with E-state index in [0.717, 1.165) is 67.0 Å². The minimum Gasteiger partial charge on any atom is -0.382 e. The van der Waals surface area contributed by atoms with Gasteiger partial charge in [0.25, 0.3) is 0 Å². The highest BCUT2D eigenvalue weighted by atomic mass is 32.2. The third kappa shape index (κ3) is 4.87. The van der Waals surface area contributed by atoms with Gasteiger partial charge in [0.1, 0.15) is 5.37 Å². The molecule has 1 aliphatic carbocycles. The summed E-state index contributed by atoms with van der Waals surface area (Å²) < 4.78 is 33.8. The summed E-state index contributed by atoms with van der Waals surface area (Å²) in [6.07, 6.45) is 11.2. The van der Waals surface area contributed by atoms with E-state index in [0.29, 0.717) is 25.7 Å². The van der Waals surface area contributed by atoms with Crippen LogP contribution in [0.1, 0.15) is 50.1 Å². The maximum absolute atomic E-state index is 12.5. The quantitative estimate of drug-likeness (QED) is 0.367. The lowest BCUT2D eigenvalue weighted by Crippen LogP contribution is -2.51. The number of likely N-dealkylation sites (tertiary alicyclic amines) is 1. The van der Waals surface area contributed by atoms with Gasteiger partial charge in [-0.05, 0) is 63.0 Å². The molecule has 1 saturated heterocycles. The van der Waals surface area contributed by atoms with E-state index in [-0.39, 0.29) is 17.4 Å². The normalized spacial score (nSPS) is 26.1. The number of piperidine rings is 1. The van der Waals surface area contributed by atoms with Crippen LogP contribution in [0, 0.1) is 5.92 Å². The summed E-state index contributed by atoms with van der Waals surface area (Å²) in [4.78, 5) is 18.9. The van der Waals surface area contributed by atoms with Crippen LogP contribution in [0.4, 0.5) is 0 Å². The number of hydrogen-bond acceptors (Lipinski definition) is 7. The Balaban J connectivity index is 1.29. The highest BCUT2D eigenvalue weighted by Crippen LogP contribution is 2.41. The predicted octanol–water partition coefficient (Wildman–Crippen LogP) is 3.46. The van der Waals surface area contributed by atoms with Crippen molar-refractivity contribution in [2.45, 2.75) is 55.9 Å². The highest BCUT2D eigenvalue weighted by molar-refractivity contribution is 7.79. The van der Waals surface area contributed by atoms with E-state index in [9.17, 15) is 8.76 Å². The highest BCUT2D eigenvalue weighted by Gasteiger charge is 2.38. The van der Waals surface area contributed by atoms with E-state index in [1.54, 1.807) is 25.8 Å². The van der Waals surface area contributed by atoms with Gasteiger partial charge in [-0.3, -0.25) is 4.90 Å². The molecule has 0 radical (unpaired) electrons. The number of hydrogen-bond donors (Lipinski definition) is 2. The summed E-state index contributed by atoms with van der Waals surface area (Å²) >= 11 is -1.90. The smallest absolute Gasteiger partial charge is 0.171 e. The number of nitrogens with zero attached hydrogens (tertiary/aromatic N) is 4. The molecule has 10 heteroatoms. The van der Waals surface area contributed by atoms with Gasteiger partial charge in [0, 0.05) is 36.3 Å². The summed E-state index contributed by atoms with van der Waals surface area (Å²) in [5.41, 5.74) is 2.79. The number of aromatic nitrogens is 4. The molecule has 34 heavy (non-hydrogen) atoms. The molecule has 1 aliphatic heterocycles. The third-order valence-corrected chi connectivity index (χ3v) is 8.50. The Morgan fingerprint density at radius 1 is 1.21 bits per heavy atom. The minimum atomic E-state index is -1.90. The summed E-state index contributed by atoms with van der Waals surface area (Å²) in [6.45, 7) is 2.68. The standard InChI is InChI=1S/C24H33N5O4S/c1-32-11-12-33-18-3-2-10-29(14-18)24(34(30)31)17-6-4-16(5-7-17)22-21-19-8-9-25-23(19)26-13-20(21)27-15-28-22/h8-9,13,15-18,24H,2-7,10-12,14H2,1H3,(H,27,28)(H,30,31). The number of pyridine rings is 1. The number of fused-ring (bicyclic) bond motifs is 3. The Kier molecular flexibility index (Phi) is 7.50. The average Bonchev–Trinajstić information content (AvgIpc) is 3.34. The van der Waals surface area contributed by atoms with Crippen molar-refractivity contribution in [3.8, 4) is 0 Å². The Bertz CT molecular complexity index is 1130. The van der Waals surface area contributed by atoms with Gasteiger partial charge in [0.15, 0.2) is 16.7 Å². The maximum Gasteiger partial charge on any atom is 0.171 e. The van der Waals surface area contributed by atoms with Crippen molar-refractivity contribution >= 4 is 33.0 Å². The fourth-order valence-corrected chi connectivity index (χ4v) is 6.86. The number of H-pyrrole nitrogens is 1. The lowest BCUT2D eigenvalue weighted by atomic mass is 9.79. The first-order valence-electron chi connectivity index (χ1n) is 12.2. The van der Waals surface area contributed by atoms with E-state index in [1.165, 1.54) is 5.69 Å². The summed E-state index contributed by atoms with van der Waals surface area (Å²) in [5.74, 6) is 0.539. The maximum atomic E-state index is 12.5. The fraction of sp³-hybridized carbons (Fsp3) is 0.625. The Hall–Kier alpha value is -1.98. The van der Waals surface area contributed by atoms with Crippen molar-refractivity contribution in [1.82, 2.24) is 24.8 Å². The van der Waals surface area contributed by atoms with Crippen molar-refractivity contribution in [2.24, 2.45) is 5.92 Å². The van der Waals surface area contributed by atoms with Crippen LogP contribution in [-0.2, 0) is 20.6 Å². The predicted molar refractivity (Wildman–Crippen MR) is 131 cm³/mol. The summed E-state index contributed by atoms with van der Waals surface area (Å²) in [6, 6.07) is 2.00. The number of aromatic amines is 1. The van der Waals surface area contributed by atoms with Gasteiger partial charge in [-0.1, -0.05) is 0 Å². The van der Waals surface area contributed by atoms with Crippen LogP contribution in [0.2, 0.25) is 0 Å². The van der Waals surface area contributed by atoms with E-state index in [2.05, 4.69) is 24.8 Å².